The fourth-order valence-electron chi connectivity index (χ4n) is 5.48. The summed E-state index contributed by atoms with van der Waals surface area (Å²) in [6.45, 7) is 9.33. The SMILES string of the molecule is CC(=O)OC[C@@H](C)C(=O)N(C1CCCCC1)[C@H]1CCN(C(=O)[C@@H](Cc2ccc(Cl)cc2)NC(=O)OC(C)(C)C)C1. The van der Waals surface area contributed by atoms with Gasteiger partial charge in [-0.2, -0.15) is 0 Å². The van der Waals surface area contributed by atoms with Crippen molar-refractivity contribution in [3.63, 3.8) is 0 Å². The molecule has 0 unspecified atom stereocenters. The summed E-state index contributed by atoms with van der Waals surface area (Å²) in [5.41, 5.74) is 0.147. The monoisotopic (exact) mass is 577 g/mol. The summed E-state index contributed by atoms with van der Waals surface area (Å²) in [4.78, 5) is 55.2. The van der Waals surface area contributed by atoms with Crippen LogP contribution in [-0.4, -0.2) is 77.1 Å². The Balaban J connectivity index is 1.77. The Morgan fingerprint density at radius 3 is 2.30 bits per heavy atom. The summed E-state index contributed by atoms with van der Waals surface area (Å²) in [7, 11) is 0. The zero-order chi connectivity index (χ0) is 29.4. The zero-order valence-corrected chi connectivity index (χ0v) is 25.2. The van der Waals surface area contributed by atoms with Crippen LogP contribution in [0.4, 0.5) is 4.79 Å². The highest BCUT2D eigenvalue weighted by atomic mass is 35.5. The number of carbonyl (C=O) groups is 4. The number of ether oxygens (including phenoxy) is 2. The maximum absolute atomic E-state index is 13.8. The van der Waals surface area contributed by atoms with E-state index in [9.17, 15) is 19.2 Å². The minimum absolute atomic E-state index is 0.0374. The normalized spacial score (nSPS) is 19.4. The molecule has 222 valence electrons. The molecule has 1 heterocycles. The number of rotatable bonds is 9. The van der Waals surface area contributed by atoms with E-state index < -0.39 is 29.6 Å². The van der Waals surface area contributed by atoms with Crippen LogP contribution in [0.3, 0.4) is 0 Å². The van der Waals surface area contributed by atoms with Crippen molar-refractivity contribution < 1.29 is 28.7 Å². The van der Waals surface area contributed by atoms with Crippen LogP contribution in [0.25, 0.3) is 0 Å². The van der Waals surface area contributed by atoms with Crippen LogP contribution < -0.4 is 5.32 Å². The molecule has 1 N–H and O–H groups in total. The lowest BCUT2D eigenvalue weighted by atomic mass is 9.92. The fraction of sp³-hybridized carbons (Fsp3) is 0.667. The minimum atomic E-state index is -0.837. The number of likely N-dealkylation sites (tertiary alicyclic amines) is 1. The number of hydrogen-bond donors (Lipinski definition) is 1. The molecule has 1 saturated carbocycles. The van der Waals surface area contributed by atoms with Crippen LogP contribution in [0.2, 0.25) is 5.02 Å². The van der Waals surface area contributed by atoms with Crippen molar-refractivity contribution >= 4 is 35.5 Å². The Bertz CT molecular complexity index is 1030. The van der Waals surface area contributed by atoms with E-state index in [1.807, 2.05) is 17.0 Å². The average molecular weight is 578 g/mol. The van der Waals surface area contributed by atoms with E-state index in [1.165, 1.54) is 6.92 Å². The standard InChI is InChI=1S/C30H44ClN3O6/c1-20(19-39-21(2)35)27(36)34(24-9-7-6-8-10-24)25-15-16-33(18-25)28(37)26(32-29(38)40-30(3,4)5)17-22-11-13-23(31)14-12-22/h11-14,20,24-26H,6-10,15-19H2,1-5H3,(H,32,38)/t20-,25+,26-/m1/s1. The Hall–Kier alpha value is -2.81. The first-order valence-electron chi connectivity index (χ1n) is 14.3. The lowest BCUT2D eigenvalue weighted by Gasteiger charge is -2.40. The van der Waals surface area contributed by atoms with Crippen molar-refractivity contribution in [3.8, 4) is 0 Å². The molecule has 2 aliphatic rings. The quantitative estimate of drug-likeness (QED) is 0.425. The molecule has 1 aromatic carbocycles. The number of nitrogens with one attached hydrogen (secondary N) is 1. The lowest BCUT2D eigenvalue weighted by Crippen LogP contribution is -2.53. The number of esters is 1. The van der Waals surface area contributed by atoms with E-state index in [1.54, 1.807) is 44.7 Å². The van der Waals surface area contributed by atoms with Crippen molar-refractivity contribution in [2.24, 2.45) is 5.92 Å². The van der Waals surface area contributed by atoms with Gasteiger partial charge >= 0.3 is 12.1 Å². The molecule has 1 aromatic rings. The molecule has 3 atom stereocenters. The van der Waals surface area contributed by atoms with Crippen molar-refractivity contribution in [3.05, 3.63) is 34.9 Å². The molecule has 9 nitrogen and oxygen atoms in total. The molecule has 40 heavy (non-hydrogen) atoms. The molecule has 1 aliphatic carbocycles. The van der Waals surface area contributed by atoms with Crippen LogP contribution in [0.5, 0.6) is 0 Å². The molecule has 0 spiro atoms. The zero-order valence-electron chi connectivity index (χ0n) is 24.4. The maximum atomic E-state index is 13.8. The van der Waals surface area contributed by atoms with Crippen LogP contribution in [-0.2, 0) is 30.3 Å². The van der Waals surface area contributed by atoms with Crippen LogP contribution in [0.1, 0.15) is 78.7 Å². The number of hydrogen-bond acceptors (Lipinski definition) is 6. The highest BCUT2D eigenvalue weighted by Gasteiger charge is 2.40. The highest BCUT2D eigenvalue weighted by Crippen LogP contribution is 2.29. The third-order valence-electron chi connectivity index (χ3n) is 7.39. The van der Waals surface area contributed by atoms with Gasteiger partial charge in [-0.25, -0.2) is 4.79 Å². The summed E-state index contributed by atoms with van der Waals surface area (Å²) in [5.74, 6) is -1.14. The fourth-order valence-corrected chi connectivity index (χ4v) is 5.61. The van der Waals surface area contributed by atoms with Gasteiger partial charge in [0, 0.05) is 37.5 Å². The van der Waals surface area contributed by atoms with E-state index in [-0.39, 0.29) is 36.9 Å². The maximum Gasteiger partial charge on any atom is 0.408 e. The van der Waals surface area contributed by atoms with E-state index in [0.29, 0.717) is 24.5 Å². The van der Waals surface area contributed by atoms with Crippen LogP contribution in [0.15, 0.2) is 24.3 Å². The summed E-state index contributed by atoms with van der Waals surface area (Å²) in [6, 6.07) is 6.30. The summed E-state index contributed by atoms with van der Waals surface area (Å²) >= 11 is 6.04. The van der Waals surface area contributed by atoms with Gasteiger partial charge < -0.3 is 24.6 Å². The third kappa shape index (κ3) is 9.39. The molecule has 10 heteroatoms. The van der Waals surface area contributed by atoms with Crippen LogP contribution >= 0.6 is 11.6 Å². The largest absolute Gasteiger partial charge is 0.465 e. The Morgan fingerprint density at radius 2 is 1.70 bits per heavy atom. The van der Waals surface area contributed by atoms with E-state index >= 15 is 0 Å². The van der Waals surface area contributed by atoms with Gasteiger partial charge in [-0.05, 0) is 57.7 Å². The molecule has 3 rings (SSSR count). The Labute approximate surface area is 242 Å². The van der Waals surface area contributed by atoms with Crippen molar-refractivity contribution in [1.82, 2.24) is 15.1 Å². The summed E-state index contributed by atoms with van der Waals surface area (Å²) in [5, 5.41) is 3.36. The molecule has 0 radical (unpaired) electrons. The number of amides is 3. The summed E-state index contributed by atoms with van der Waals surface area (Å²) < 4.78 is 10.6. The summed E-state index contributed by atoms with van der Waals surface area (Å²) in [6.07, 6.45) is 5.39. The lowest BCUT2D eigenvalue weighted by molar-refractivity contribution is -0.149. The first-order chi connectivity index (χ1) is 18.8. The number of benzene rings is 1. The Morgan fingerprint density at radius 1 is 1.05 bits per heavy atom. The van der Waals surface area contributed by atoms with Gasteiger partial charge in [-0.1, -0.05) is 49.9 Å². The van der Waals surface area contributed by atoms with Crippen LogP contribution in [0, 0.1) is 5.92 Å². The molecule has 3 amide bonds. The van der Waals surface area contributed by atoms with Gasteiger partial charge in [-0.15, -0.1) is 0 Å². The average Bonchev–Trinajstić information content (AvgIpc) is 3.37. The third-order valence-corrected chi connectivity index (χ3v) is 7.64. The van der Waals surface area contributed by atoms with Gasteiger partial charge in [0.2, 0.25) is 11.8 Å². The second-order valence-electron chi connectivity index (χ2n) is 12.0. The Kier molecular flexibility index (Phi) is 11.3. The molecular weight excluding hydrogens is 534 g/mol. The molecule has 0 aromatic heterocycles. The first-order valence-corrected chi connectivity index (χ1v) is 14.7. The predicted molar refractivity (Wildman–Crippen MR) is 153 cm³/mol. The van der Waals surface area contributed by atoms with Gasteiger partial charge in [0.1, 0.15) is 18.2 Å². The molecular formula is C30H44ClN3O6. The smallest absolute Gasteiger partial charge is 0.408 e. The predicted octanol–water partition coefficient (Wildman–Crippen LogP) is 4.74. The number of halogens is 1. The molecule has 1 saturated heterocycles. The topological polar surface area (TPSA) is 105 Å². The van der Waals surface area contributed by atoms with E-state index in [0.717, 1.165) is 37.7 Å². The highest BCUT2D eigenvalue weighted by molar-refractivity contribution is 6.30. The number of alkyl carbamates (subject to hydrolysis) is 1. The molecule has 0 bridgehead atoms. The first kappa shape index (κ1) is 31.7. The second kappa shape index (κ2) is 14.2. The van der Waals surface area contributed by atoms with Gasteiger partial charge in [-0.3, -0.25) is 14.4 Å². The molecule has 2 fully saturated rings. The minimum Gasteiger partial charge on any atom is -0.465 e. The van der Waals surface area contributed by atoms with Crippen molar-refractivity contribution in [2.75, 3.05) is 19.7 Å². The van der Waals surface area contributed by atoms with Gasteiger partial charge in [0.15, 0.2) is 0 Å². The number of carbonyl (C=O) groups excluding carboxylic acids is 4. The van der Waals surface area contributed by atoms with Crippen molar-refractivity contribution in [1.29, 1.82) is 0 Å². The number of nitrogens with zero attached hydrogens (tertiary/aromatic N) is 2. The van der Waals surface area contributed by atoms with E-state index in [2.05, 4.69) is 5.32 Å². The second-order valence-corrected chi connectivity index (χ2v) is 12.4. The van der Waals surface area contributed by atoms with Crippen molar-refractivity contribution in [2.45, 2.75) is 103 Å². The van der Waals surface area contributed by atoms with Gasteiger partial charge in [0.05, 0.1) is 12.0 Å². The van der Waals surface area contributed by atoms with Gasteiger partial charge in [0.25, 0.3) is 0 Å². The van der Waals surface area contributed by atoms with E-state index in [4.69, 9.17) is 21.1 Å². The molecule has 1 aliphatic heterocycles.